The van der Waals surface area contributed by atoms with E-state index in [9.17, 15) is 0 Å². The van der Waals surface area contributed by atoms with Crippen molar-refractivity contribution in [3.05, 3.63) is 33.4 Å². The number of fused-ring (bicyclic) bond motifs is 4. The summed E-state index contributed by atoms with van der Waals surface area (Å²) in [5.74, 6) is 0. The molecule has 0 saturated carbocycles. The molecule has 70 heavy (non-hydrogen) atoms. The molecule has 254 valence electrons. The van der Waals surface area contributed by atoms with Crippen molar-refractivity contribution in [2.75, 3.05) is 0 Å². The summed E-state index contributed by atoms with van der Waals surface area (Å²) in [7, 11) is 189. The van der Waals surface area contributed by atoms with Gasteiger partial charge in [0.15, 0.2) is 0 Å². The quantitative estimate of drug-likeness (QED) is 0.152. The van der Waals surface area contributed by atoms with Gasteiger partial charge in [0.25, 0.3) is 0 Å². The first-order valence-corrected chi connectivity index (χ1v) is 20.5. The Morgan fingerprint density at radius 2 is 0.414 bits per heavy atom. The molecular formula is C42H2B28. The van der Waals surface area contributed by atoms with Crippen molar-refractivity contribution in [1.82, 2.24) is 0 Å². The predicted octanol–water partition coefficient (Wildman–Crippen LogP) is -23.3. The largest absolute Gasteiger partial charge is 0.113 e. The third-order valence-corrected chi connectivity index (χ3v) is 13.9. The third kappa shape index (κ3) is 6.77. The van der Waals surface area contributed by atoms with Gasteiger partial charge in [-0.1, -0.05) is 54.7 Å². The molecule has 56 radical (unpaired) electrons. The van der Waals surface area contributed by atoms with E-state index in [0.29, 0.717) is 0 Å². The molecule has 1 aliphatic rings. The minimum absolute atomic E-state index is 0.0168. The molecule has 7 aromatic rings. The highest BCUT2D eigenvalue weighted by atomic mass is 14.5. The summed E-state index contributed by atoms with van der Waals surface area (Å²) in [5, 5.41) is 0.219. The Bertz CT molecular complexity index is 3450. The zero-order valence-electron chi connectivity index (χ0n) is 37.4. The number of hydrogen-bond donors (Lipinski definition) is 0. The molecule has 0 amide bonds. The van der Waals surface area contributed by atoms with Crippen LogP contribution in [-0.2, 0) is 11.8 Å². The van der Waals surface area contributed by atoms with Crippen LogP contribution in [0.4, 0.5) is 0 Å². The van der Waals surface area contributed by atoms with Gasteiger partial charge in [-0.3, -0.25) is 0 Å². The highest BCUT2D eigenvalue weighted by Gasteiger charge is 2.52. The predicted molar refractivity (Wildman–Crippen MR) is 327 cm³/mol. The van der Waals surface area contributed by atoms with Gasteiger partial charge >= 0.3 is 0 Å². The molecule has 0 spiro atoms. The van der Waals surface area contributed by atoms with E-state index in [0.717, 1.165) is 0 Å². The lowest BCUT2D eigenvalue weighted by molar-refractivity contribution is 0.805. The van der Waals surface area contributed by atoms with E-state index in [1.54, 1.807) is 0 Å². The lowest BCUT2D eigenvalue weighted by atomic mass is 9.47. The van der Waals surface area contributed by atoms with E-state index in [1.807, 2.05) is 0 Å². The number of benzene rings is 7. The van der Waals surface area contributed by atoms with E-state index in [1.165, 1.54) is 0 Å². The Kier molecular flexibility index (Phi) is 13.6. The molecule has 8 rings (SSSR count). The minimum Gasteiger partial charge on any atom is -0.112 e. The zero-order valence-corrected chi connectivity index (χ0v) is 37.4. The van der Waals surface area contributed by atoms with Crippen molar-refractivity contribution in [1.29, 1.82) is 0 Å². The first-order valence-electron chi connectivity index (χ1n) is 20.5. The maximum absolute atomic E-state index is 7.19. The Balaban J connectivity index is 1.60. The van der Waals surface area contributed by atoms with Crippen molar-refractivity contribution < 1.29 is 0 Å². The van der Waals surface area contributed by atoms with Gasteiger partial charge in [-0.25, -0.2) is 0 Å². The maximum Gasteiger partial charge on any atom is 0.113 e. The van der Waals surface area contributed by atoms with Gasteiger partial charge in [-0.05, 0) is 67.3 Å². The highest BCUT2D eigenvalue weighted by molar-refractivity contribution is 6.75. The van der Waals surface area contributed by atoms with Crippen molar-refractivity contribution in [3.8, 4) is 22.3 Å². The van der Waals surface area contributed by atoms with Gasteiger partial charge in [0.2, 0.25) is 0 Å². The first kappa shape index (κ1) is 52.9. The first-order chi connectivity index (χ1) is 32.5. The van der Waals surface area contributed by atoms with Gasteiger partial charge in [0.1, 0.15) is 220 Å². The molecule has 0 heterocycles. The van der Waals surface area contributed by atoms with Crippen LogP contribution in [0.5, 0.6) is 0 Å². The van der Waals surface area contributed by atoms with E-state index in [-0.39, 0.29) is 226 Å². The normalized spacial score (nSPS) is 12.6. The summed E-state index contributed by atoms with van der Waals surface area (Å²) >= 11 is 0. The molecule has 0 aromatic heterocycles. The smallest absolute Gasteiger partial charge is 0.112 e. The van der Waals surface area contributed by atoms with Gasteiger partial charge in [0.05, 0.1) is 5.41 Å². The fourth-order valence-corrected chi connectivity index (χ4v) is 10.1. The van der Waals surface area contributed by atoms with Crippen LogP contribution < -0.4 is 153 Å². The Morgan fingerprint density at radius 3 is 0.814 bits per heavy atom. The Hall–Kier alpha value is -3.38. The fraction of sp³-hybridized carbons (Fsp3) is 0.0476. The average molecular weight is 809 g/mol. The van der Waals surface area contributed by atoms with Gasteiger partial charge in [0, 0.05) is 0 Å². The number of hydrogen-bond acceptors (Lipinski definition) is 0. The molecular weight excluding hydrogens is 807 g/mol. The van der Waals surface area contributed by atoms with Crippen LogP contribution in [-0.4, -0.2) is 220 Å². The minimum atomic E-state index is -2.26. The Labute approximate surface area is 447 Å². The monoisotopic (exact) mass is 814 g/mol. The van der Waals surface area contributed by atoms with Crippen molar-refractivity contribution in [2.24, 2.45) is 0 Å². The van der Waals surface area contributed by atoms with E-state index < -0.39 is 5.41 Å². The number of rotatable bonds is 5. The molecule has 0 atom stereocenters. The fourth-order valence-electron chi connectivity index (χ4n) is 10.1. The summed E-state index contributed by atoms with van der Waals surface area (Å²) in [6.45, 7) is 0. The Morgan fingerprint density at radius 1 is 0.171 bits per heavy atom. The van der Waals surface area contributed by atoms with Gasteiger partial charge < -0.3 is 0 Å². The summed E-state index contributed by atoms with van der Waals surface area (Å²) in [4.78, 5) is 0. The van der Waals surface area contributed by atoms with Crippen LogP contribution in [0.1, 0.15) is 33.4 Å². The molecule has 0 unspecified atom stereocenters. The van der Waals surface area contributed by atoms with Crippen molar-refractivity contribution in [3.63, 3.8) is 0 Å². The molecule has 7 aromatic carbocycles. The van der Waals surface area contributed by atoms with Crippen molar-refractivity contribution >= 4 is 383 Å². The van der Waals surface area contributed by atoms with Gasteiger partial charge in [-0.15, -0.1) is 104 Å². The second-order valence-corrected chi connectivity index (χ2v) is 17.2. The lowest BCUT2D eigenvalue weighted by Crippen LogP contribution is -2.65. The van der Waals surface area contributed by atoms with E-state index >= 15 is 0 Å². The zero-order chi connectivity index (χ0) is 52.3. The van der Waals surface area contributed by atoms with Crippen molar-refractivity contribution in [2.45, 2.75) is 11.8 Å². The molecule has 0 N–H and O–H groups in total. The van der Waals surface area contributed by atoms with E-state index in [4.69, 9.17) is 220 Å². The van der Waals surface area contributed by atoms with Crippen LogP contribution in [0.3, 0.4) is 0 Å². The third-order valence-electron chi connectivity index (χ3n) is 13.9. The average Bonchev–Trinajstić information content (AvgIpc) is 3.63. The summed E-state index contributed by atoms with van der Waals surface area (Å²) in [5.41, 5.74) is -7.36. The topological polar surface area (TPSA) is 0 Å². The van der Waals surface area contributed by atoms with Gasteiger partial charge in [-0.2, -0.15) is 0 Å². The molecule has 0 fully saturated rings. The molecule has 28 heteroatoms. The van der Waals surface area contributed by atoms with Crippen LogP contribution >= 0.6 is 0 Å². The molecule has 0 aliphatic heterocycles. The van der Waals surface area contributed by atoms with Crippen LogP contribution in [0, 0.1) is 0 Å². The van der Waals surface area contributed by atoms with E-state index in [2.05, 4.69) is 0 Å². The SMILES string of the molecule is [B]c1c([B])c([B])c(C2(c3c([B])c([B])c([B])c([B])c3[B])c3c([B])c([B])c([B])c([B])c3-c3c(Cc4c([B])c([B])c(-c5c([B])c([B])c([B])c6c([B])c([B])c([B])c([B])c56)c([B])c4[B])c([B])c([B])c([B])c32)c([B])c1[B]. The standard InChI is InChI=1S/C42H2B28/c43-14-2(1-3-15(44)20(49)8(21(50)16(3)45)5-6-9(22(51)31(60)17(5)46)23(52)34(63)32(61)18(6)47)4-7-11(25(54)35(64)33(62)19(7)48)42(10(4)24(53)30(14)59,12-26(55)36(65)40(69)37(66)27(12)56)13-28(57)38(67)41(70)39(68)29(13)58/h1H2. The van der Waals surface area contributed by atoms with Crippen LogP contribution in [0.25, 0.3) is 33.0 Å². The van der Waals surface area contributed by atoms with Crippen LogP contribution in [0.2, 0.25) is 0 Å². The molecule has 1 aliphatic carbocycles. The second kappa shape index (κ2) is 17.9. The highest BCUT2D eigenvalue weighted by Crippen LogP contribution is 2.53. The second-order valence-electron chi connectivity index (χ2n) is 17.2. The summed E-state index contributed by atoms with van der Waals surface area (Å²) in [6, 6.07) is 0. The molecule has 0 saturated heterocycles. The lowest BCUT2D eigenvalue weighted by Gasteiger charge is -2.45. The summed E-state index contributed by atoms with van der Waals surface area (Å²) in [6.07, 6.45) is -0.378. The maximum atomic E-state index is 7.19. The summed E-state index contributed by atoms with van der Waals surface area (Å²) < 4.78 is 0. The van der Waals surface area contributed by atoms with Crippen LogP contribution in [0.15, 0.2) is 0 Å². The molecule has 0 bridgehead atoms. The molecule has 0 nitrogen and oxygen atoms in total.